The van der Waals surface area contributed by atoms with Gasteiger partial charge in [0.05, 0.1) is 6.54 Å². The minimum atomic E-state index is -1.11. The van der Waals surface area contributed by atoms with Crippen molar-refractivity contribution in [1.29, 1.82) is 0 Å². The molecule has 0 bridgehead atoms. The van der Waals surface area contributed by atoms with Gasteiger partial charge in [0.15, 0.2) is 0 Å². The molecule has 2 aromatic rings. The Labute approximate surface area is 120 Å². The number of aromatic nitrogens is 1. The second-order valence-electron chi connectivity index (χ2n) is 4.73. The first-order valence-corrected chi connectivity index (χ1v) is 7.10. The van der Waals surface area contributed by atoms with Gasteiger partial charge in [-0.3, -0.25) is 9.59 Å². The average Bonchev–Trinajstić information content (AvgIpc) is 2.94. The van der Waals surface area contributed by atoms with Crippen LogP contribution in [-0.4, -0.2) is 22.1 Å². The van der Waals surface area contributed by atoms with Crippen molar-refractivity contribution < 1.29 is 9.90 Å². The Morgan fingerprint density at radius 1 is 1.45 bits per heavy atom. The number of rotatable bonds is 5. The van der Waals surface area contributed by atoms with Gasteiger partial charge in [0, 0.05) is 12.3 Å². The van der Waals surface area contributed by atoms with Crippen LogP contribution in [0.25, 0.3) is 0 Å². The van der Waals surface area contributed by atoms with Gasteiger partial charge in [0.25, 0.3) is 5.56 Å². The topological polar surface area (TPSA) is 71.3 Å². The number of hydrogen-bond donors (Lipinski definition) is 2. The van der Waals surface area contributed by atoms with E-state index in [1.54, 1.807) is 25.3 Å². The van der Waals surface area contributed by atoms with Crippen LogP contribution >= 0.6 is 11.3 Å². The van der Waals surface area contributed by atoms with E-state index in [1.807, 2.05) is 16.8 Å². The first-order valence-electron chi connectivity index (χ1n) is 6.16. The predicted octanol–water partition coefficient (Wildman–Crippen LogP) is 0.934. The molecule has 0 aliphatic carbocycles. The molecular weight excluding hydrogens is 276 g/mol. The van der Waals surface area contributed by atoms with Crippen molar-refractivity contribution >= 4 is 17.2 Å². The molecule has 106 valence electrons. The number of carbonyl (C=O) groups excluding carboxylic acids is 1. The Bertz CT molecular complexity index is 632. The molecule has 6 heteroatoms. The summed E-state index contributed by atoms with van der Waals surface area (Å²) in [5.74, 6) is -0.311. The monoisotopic (exact) mass is 292 g/mol. The maximum Gasteiger partial charge on any atom is 0.250 e. The molecule has 5 nitrogen and oxygen atoms in total. The molecule has 0 spiro atoms. The average molecular weight is 292 g/mol. The summed E-state index contributed by atoms with van der Waals surface area (Å²) in [6.07, 6.45) is 1.55. The highest BCUT2D eigenvalue weighted by Gasteiger charge is 2.24. The fourth-order valence-corrected chi connectivity index (χ4v) is 2.53. The lowest BCUT2D eigenvalue weighted by Crippen LogP contribution is -2.40. The van der Waals surface area contributed by atoms with Crippen LogP contribution in [-0.2, 0) is 16.9 Å². The van der Waals surface area contributed by atoms with Crippen LogP contribution in [0, 0.1) is 0 Å². The SMILES string of the molecule is CC(O)(CNC(=O)Cn1ccccc1=O)c1ccsc1. The molecule has 0 fully saturated rings. The molecule has 0 aromatic carbocycles. The van der Waals surface area contributed by atoms with E-state index in [1.165, 1.54) is 22.0 Å². The molecule has 2 aromatic heterocycles. The van der Waals surface area contributed by atoms with Crippen molar-refractivity contribution in [2.45, 2.75) is 19.1 Å². The molecule has 2 heterocycles. The maximum atomic E-state index is 11.8. The van der Waals surface area contributed by atoms with Crippen LogP contribution in [0.2, 0.25) is 0 Å². The van der Waals surface area contributed by atoms with Crippen LogP contribution in [0.3, 0.4) is 0 Å². The van der Waals surface area contributed by atoms with Gasteiger partial charge in [-0.05, 0) is 35.4 Å². The van der Waals surface area contributed by atoms with Crippen molar-refractivity contribution in [3.8, 4) is 0 Å². The van der Waals surface area contributed by atoms with E-state index in [0.29, 0.717) is 0 Å². The molecule has 0 aliphatic rings. The van der Waals surface area contributed by atoms with Crippen molar-refractivity contribution in [3.63, 3.8) is 0 Å². The molecule has 1 unspecified atom stereocenters. The number of nitrogens with one attached hydrogen (secondary N) is 1. The fourth-order valence-electron chi connectivity index (χ4n) is 1.75. The molecule has 2 rings (SSSR count). The van der Waals surface area contributed by atoms with Gasteiger partial charge in [0.2, 0.25) is 5.91 Å². The third kappa shape index (κ3) is 3.55. The van der Waals surface area contributed by atoms with Crippen molar-refractivity contribution in [1.82, 2.24) is 9.88 Å². The highest BCUT2D eigenvalue weighted by atomic mass is 32.1. The summed E-state index contributed by atoms with van der Waals surface area (Å²) in [7, 11) is 0. The molecule has 2 N–H and O–H groups in total. The zero-order valence-electron chi connectivity index (χ0n) is 11.1. The van der Waals surface area contributed by atoms with E-state index < -0.39 is 5.60 Å². The number of amides is 1. The van der Waals surface area contributed by atoms with Crippen LogP contribution in [0.1, 0.15) is 12.5 Å². The van der Waals surface area contributed by atoms with Crippen LogP contribution in [0.5, 0.6) is 0 Å². The zero-order chi connectivity index (χ0) is 14.6. The number of aliphatic hydroxyl groups is 1. The van der Waals surface area contributed by atoms with Gasteiger partial charge in [-0.1, -0.05) is 6.07 Å². The third-order valence-corrected chi connectivity index (χ3v) is 3.67. The Morgan fingerprint density at radius 2 is 2.25 bits per heavy atom. The summed E-state index contributed by atoms with van der Waals surface area (Å²) in [6.45, 7) is 1.69. The molecule has 0 saturated carbocycles. The summed E-state index contributed by atoms with van der Waals surface area (Å²) in [5.41, 5.74) is -0.580. The second-order valence-corrected chi connectivity index (χ2v) is 5.51. The fraction of sp³-hybridized carbons (Fsp3) is 0.286. The summed E-state index contributed by atoms with van der Waals surface area (Å²) in [4.78, 5) is 23.3. The van der Waals surface area contributed by atoms with Crippen molar-refractivity contribution in [2.75, 3.05) is 6.54 Å². The summed E-state index contributed by atoms with van der Waals surface area (Å²) < 4.78 is 1.31. The lowest BCUT2D eigenvalue weighted by molar-refractivity contribution is -0.122. The first-order chi connectivity index (χ1) is 9.49. The molecular formula is C14H16N2O3S. The van der Waals surface area contributed by atoms with Gasteiger partial charge in [-0.2, -0.15) is 11.3 Å². The quantitative estimate of drug-likeness (QED) is 0.861. The van der Waals surface area contributed by atoms with Crippen LogP contribution in [0.4, 0.5) is 0 Å². The Balaban J connectivity index is 1.93. The van der Waals surface area contributed by atoms with Crippen molar-refractivity contribution in [3.05, 3.63) is 57.1 Å². The summed E-state index contributed by atoms with van der Waals surface area (Å²) in [5, 5.41) is 16.6. The number of nitrogens with zero attached hydrogens (tertiary/aromatic N) is 1. The second kappa shape index (κ2) is 6.02. The minimum absolute atomic E-state index is 0.0562. The van der Waals surface area contributed by atoms with E-state index in [-0.39, 0.29) is 24.6 Å². The highest BCUT2D eigenvalue weighted by Crippen LogP contribution is 2.21. The summed E-state index contributed by atoms with van der Waals surface area (Å²) in [6, 6.07) is 6.53. The minimum Gasteiger partial charge on any atom is -0.384 e. The van der Waals surface area contributed by atoms with E-state index in [4.69, 9.17) is 0 Å². The molecule has 0 aliphatic heterocycles. The standard InChI is InChI=1S/C14H16N2O3S/c1-14(19,11-5-7-20-9-11)10-15-12(17)8-16-6-3-2-4-13(16)18/h2-7,9,19H,8,10H2,1H3,(H,15,17). The van der Waals surface area contributed by atoms with E-state index in [0.717, 1.165) is 5.56 Å². The third-order valence-electron chi connectivity index (χ3n) is 2.99. The number of hydrogen-bond acceptors (Lipinski definition) is 4. The maximum absolute atomic E-state index is 11.8. The van der Waals surface area contributed by atoms with Gasteiger partial charge in [-0.15, -0.1) is 0 Å². The van der Waals surface area contributed by atoms with E-state index >= 15 is 0 Å². The Hall–Kier alpha value is -1.92. The Morgan fingerprint density at radius 3 is 2.90 bits per heavy atom. The molecule has 1 amide bonds. The molecule has 1 atom stereocenters. The largest absolute Gasteiger partial charge is 0.384 e. The van der Waals surface area contributed by atoms with Gasteiger partial charge in [0.1, 0.15) is 12.1 Å². The summed E-state index contributed by atoms with van der Waals surface area (Å²) >= 11 is 1.49. The normalized spacial score (nSPS) is 13.7. The first kappa shape index (κ1) is 14.5. The van der Waals surface area contributed by atoms with E-state index in [2.05, 4.69) is 5.32 Å². The predicted molar refractivity (Wildman–Crippen MR) is 77.6 cm³/mol. The molecule has 20 heavy (non-hydrogen) atoms. The van der Waals surface area contributed by atoms with E-state index in [9.17, 15) is 14.7 Å². The van der Waals surface area contributed by atoms with Gasteiger partial charge in [-0.25, -0.2) is 0 Å². The smallest absolute Gasteiger partial charge is 0.250 e. The number of thiophene rings is 1. The van der Waals surface area contributed by atoms with Crippen LogP contribution in [0.15, 0.2) is 46.0 Å². The Kier molecular flexibility index (Phi) is 4.36. The zero-order valence-corrected chi connectivity index (χ0v) is 11.9. The lowest BCUT2D eigenvalue weighted by atomic mass is 9.99. The lowest BCUT2D eigenvalue weighted by Gasteiger charge is -2.22. The number of pyridine rings is 1. The van der Waals surface area contributed by atoms with Gasteiger partial charge < -0.3 is 15.0 Å². The van der Waals surface area contributed by atoms with Gasteiger partial charge >= 0.3 is 0 Å². The van der Waals surface area contributed by atoms with Crippen LogP contribution < -0.4 is 10.9 Å². The number of carbonyl (C=O) groups is 1. The van der Waals surface area contributed by atoms with Crippen molar-refractivity contribution in [2.24, 2.45) is 0 Å². The highest BCUT2D eigenvalue weighted by molar-refractivity contribution is 7.08. The molecule has 0 saturated heterocycles. The molecule has 0 radical (unpaired) electrons.